The Morgan fingerprint density at radius 2 is 2.00 bits per heavy atom. The Morgan fingerprint density at radius 3 is 2.60 bits per heavy atom. The summed E-state index contributed by atoms with van der Waals surface area (Å²) in [6.45, 7) is 6.72. The van der Waals surface area contributed by atoms with Gasteiger partial charge in [0.15, 0.2) is 0 Å². The zero-order valence-electron chi connectivity index (χ0n) is 13.2. The number of benzene rings is 1. The summed E-state index contributed by atoms with van der Waals surface area (Å²) in [6, 6.07) is 9.65. The lowest BCUT2D eigenvalue weighted by molar-refractivity contribution is 0.118. The van der Waals surface area contributed by atoms with Crippen LogP contribution in [0.15, 0.2) is 24.3 Å². The van der Waals surface area contributed by atoms with Gasteiger partial charge in [-0.1, -0.05) is 26.0 Å². The predicted octanol–water partition coefficient (Wildman–Crippen LogP) is 3.08. The van der Waals surface area contributed by atoms with E-state index in [1.54, 1.807) is 7.11 Å². The van der Waals surface area contributed by atoms with Crippen molar-refractivity contribution >= 4 is 0 Å². The van der Waals surface area contributed by atoms with Gasteiger partial charge in [-0.15, -0.1) is 0 Å². The van der Waals surface area contributed by atoms with E-state index < -0.39 is 0 Å². The molecule has 0 saturated carbocycles. The van der Waals surface area contributed by atoms with Crippen LogP contribution in [0.2, 0.25) is 0 Å². The van der Waals surface area contributed by atoms with E-state index in [2.05, 4.69) is 55.4 Å². The van der Waals surface area contributed by atoms with Gasteiger partial charge >= 0.3 is 0 Å². The summed E-state index contributed by atoms with van der Waals surface area (Å²) in [4.78, 5) is 2.50. The van der Waals surface area contributed by atoms with Crippen LogP contribution in [0.4, 0.5) is 0 Å². The standard InChI is InChI=1S/C17H28N2O/c1-13(2)18-12-15-6-5-11-19(3)17(15)14-7-9-16(20-4)10-8-14/h7-10,13,15,17-18H,5-6,11-12H2,1-4H3. The first-order valence-corrected chi connectivity index (χ1v) is 7.69. The molecule has 1 aliphatic rings. The number of hydrogen-bond acceptors (Lipinski definition) is 3. The van der Waals surface area contributed by atoms with E-state index in [-0.39, 0.29) is 0 Å². The van der Waals surface area contributed by atoms with Crippen molar-refractivity contribution in [1.82, 2.24) is 10.2 Å². The quantitative estimate of drug-likeness (QED) is 0.894. The number of methoxy groups -OCH3 is 1. The largest absolute Gasteiger partial charge is 0.497 e. The fourth-order valence-electron chi connectivity index (χ4n) is 3.19. The Hall–Kier alpha value is -1.06. The molecule has 112 valence electrons. The number of piperidine rings is 1. The number of hydrogen-bond donors (Lipinski definition) is 1. The van der Waals surface area contributed by atoms with Gasteiger partial charge in [0.2, 0.25) is 0 Å². The molecule has 2 unspecified atom stereocenters. The third kappa shape index (κ3) is 3.74. The Labute approximate surface area is 123 Å². The number of nitrogens with one attached hydrogen (secondary N) is 1. The first kappa shape index (κ1) is 15.3. The van der Waals surface area contributed by atoms with Crippen LogP contribution >= 0.6 is 0 Å². The second kappa shape index (κ2) is 7.09. The van der Waals surface area contributed by atoms with E-state index in [1.807, 2.05) is 0 Å². The molecule has 20 heavy (non-hydrogen) atoms. The average molecular weight is 276 g/mol. The van der Waals surface area contributed by atoms with Gasteiger partial charge in [-0.05, 0) is 50.0 Å². The second-order valence-electron chi connectivity index (χ2n) is 6.16. The number of likely N-dealkylation sites (tertiary alicyclic amines) is 1. The van der Waals surface area contributed by atoms with Gasteiger partial charge in [-0.25, -0.2) is 0 Å². The molecule has 0 aliphatic carbocycles. The minimum atomic E-state index is 0.515. The summed E-state index contributed by atoms with van der Waals surface area (Å²) in [5, 5.41) is 3.61. The van der Waals surface area contributed by atoms with Gasteiger partial charge in [0, 0.05) is 18.6 Å². The zero-order valence-corrected chi connectivity index (χ0v) is 13.2. The van der Waals surface area contributed by atoms with Gasteiger partial charge in [-0.3, -0.25) is 4.90 Å². The number of rotatable bonds is 5. The normalized spacial score (nSPS) is 24.1. The van der Waals surface area contributed by atoms with E-state index in [9.17, 15) is 0 Å². The SMILES string of the molecule is COc1ccc(C2C(CNC(C)C)CCCN2C)cc1. The maximum atomic E-state index is 5.26. The first-order valence-electron chi connectivity index (χ1n) is 7.69. The van der Waals surface area contributed by atoms with Gasteiger partial charge in [0.05, 0.1) is 7.11 Å². The number of nitrogens with zero attached hydrogens (tertiary/aromatic N) is 1. The highest BCUT2D eigenvalue weighted by molar-refractivity contribution is 5.29. The molecule has 1 N–H and O–H groups in total. The van der Waals surface area contributed by atoms with E-state index in [1.165, 1.54) is 24.9 Å². The Kier molecular flexibility index (Phi) is 5.44. The van der Waals surface area contributed by atoms with Crippen molar-refractivity contribution in [1.29, 1.82) is 0 Å². The van der Waals surface area contributed by atoms with Crippen molar-refractivity contribution in [2.24, 2.45) is 5.92 Å². The smallest absolute Gasteiger partial charge is 0.118 e. The minimum absolute atomic E-state index is 0.515. The maximum absolute atomic E-state index is 5.26. The van der Waals surface area contributed by atoms with E-state index in [0.29, 0.717) is 18.0 Å². The summed E-state index contributed by atoms with van der Waals surface area (Å²) >= 11 is 0. The molecule has 0 radical (unpaired) electrons. The molecule has 1 aromatic rings. The average Bonchev–Trinajstić information content (AvgIpc) is 2.45. The predicted molar refractivity (Wildman–Crippen MR) is 84.2 cm³/mol. The maximum Gasteiger partial charge on any atom is 0.118 e. The molecule has 1 aliphatic heterocycles. The second-order valence-corrected chi connectivity index (χ2v) is 6.16. The van der Waals surface area contributed by atoms with Crippen LogP contribution in [0.5, 0.6) is 5.75 Å². The lowest BCUT2D eigenvalue weighted by atomic mass is 9.84. The van der Waals surface area contributed by atoms with E-state index in [0.717, 1.165) is 12.3 Å². The molecule has 0 bridgehead atoms. The van der Waals surface area contributed by atoms with Crippen LogP contribution < -0.4 is 10.1 Å². The molecule has 3 heteroatoms. The molecule has 1 aromatic carbocycles. The van der Waals surface area contributed by atoms with Crippen molar-refractivity contribution in [3.63, 3.8) is 0 Å². The highest BCUT2D eigenvalue weighted by atomic mass is 16.5. The monoisotopic (exact) mass is 276 g/mol. The molecule has 3 nitrogen and oxygen atoms in total. The molecule has 1 heterocycles. The van der Waals surface area contributed by atoms with E-state index >= 15 is 0 Å². The lowest BCUT2D eigenvalue weighted by Gasteiger charge is -2.40. The summed E-state index contributed by atoms with van der Waals surface area (Å²) in [5.74, 6) is 1.62. The summed E-state index contributed by atoms with van der Waals surface area (Å²) in [7, 11) is 3.97. The van der Waals surface area contributed by atoms with Crippen molar-refractivity contribution < 1.29 is 4.74 Å². The molecule has 0 spiro atoms. The molecule has 1 fully saturated rings. The summed E-state index contributed by atoms with van der Waals surface area (Å²) in [6.07, 6.45) is 2.61. The molecular weight excluding hydrogens is 248 g/mol. The van der Waals surface area contributed by atoms with Gasteiger partial charge in [-0.2, -0.15) is 0 Å². The van der Waals surface area contributed by atoms with Crippen LogP contribution in [-0.4, -0.2) is 38.2 Å². The highest BCUT2D eigenvalue weighted by Crippen LogP contribution is 2.35. The van der Waals surface area contributed by atoms with Crippen LogP contribution in [0, 0.1) is 5.92 Å². The van der Waals surface area contributed by atoms with Crippen LogP contribution in [0.1, 0.15) is 38.3 Å². The molecule has 0 aromatic heterocycles. The molecule has 2 rings (SSSR count). The Morgan fingerprint density at radius 1 is 1.30 bits per heavy atom. The Balaban J connectivity index is 2.13. The third-order valence-electron chi connectivity index (χ3n) is 4.25. The van der Waals surface area contributed by atoms with Crippen LogP contribution in [0.3, 0.4) is 0 Å². The van der Waals surface area contributed by atoms with Crippen LogP contribution in [0.25, 0.3) is 0 Å². The lowest BCUT2D eigenvalue weighted by Crippen LogP contribution is -2.41. The number of ether oxygens (including phenoxy) is 1. The van der Waals surface area contributed by atoms with Crippen molar-refractivity contribution in [2.75, 3.05) is 27.2 Å². The van der Waals surface area contributed by atoms with Crippen molar-refractivity contribution in [2.45, 2.75) is 38.8 Å². The van der Waals surface area contributed by atoms with Gasteiger partial charge in [0.1, 0.15) is 5.75 Å². The van der Waals surface area contributed by atoms with Crippen molar-refractivity contribution in [3.8, 4) is 5.75 Å². The topological polar surface area (TPSA) is 24.5 Å². The van der Waals surface area contributed by atoms with Crippen molar-refractivity contribution in [3.05, 3.63) is 29.8 Å². The van der Waals surface area contributed by atoms with Gasteiger partial charge in [0.25, 0.3) is 0 Å². The summed E-state index contributed by atoms with van der Waals surface area (Å²) in [5.41, 5.74) is 1.41. The van der Waals surface area contributed by atoms with E-state index in [4.69, 9.17) is 4.74 Å². The zero-order chi connectivity index (χ0) is 14.5. The first-order chi connectivity index (χ1) is 9.61. The highest BCUT2D eigenvalue weighted by Gasteiger charge is 2.30. The fraction of sp³-hybridized carbons (Fsp3) is 0.647. The molecule has 0 amide bonds. The summed E-state index contributed by atoms with van der Waals surface area (Å²) < 4.78 is 5.26. The third-order valence-corrected chi connectivity index (χ3v) is 4.25. The minimum Gasteiger partial charge on any atom is -0.497 e. The molecule has 2 atom stereocenters. The van der Waals surface area contributed by atoms with Gasteiger partial charge < -0.3 is 10.1 Å². The Bertz CT molecular complexity index is 402. The fourth-order valence-corrected chi connectivity index (χ4v) is 3.19. The molecular formula is C17H28N2O. The van der Waals surface area contributed by atoms with Crippen LogP contribution in [-0.2, 0) is 0 Å². The molecule has 1 saturated heterocycles.